The van der Waals surface area contributed by atoms with E-state index >= 15 is 0 Å². The molecule has 0 saturated carbocycles. The first-order valence-electron chi connectivity index (χ1n) is 7.54. The average molecular weight is 330 g/mol. The van der Waals surface area contributed by atoms with E-state index in [1.807, 2.05) is 0 Å². The molecule has 3 nitrogen and oxygen atoms in total. The van der Waals surface area contributed by atoms with Crippen molar-refractivity contribution in [1.29, 1.82) is 0 Å². The van der Waals surface area contributed by atoms with Gasteiger partial charge in [0.05, 0.1) is 15.9 Å². The van der Waals surface area contributed by atoms with E-state index in [0.29, 0.717) is 0 Å². The third-order valence-corrected chi connectivity index (χ3v) is 4.18. The Morgan fingerprint density at radius 2 is 2.00 bits per heavy atom. The van der Waals surface area contributed by atoms with Crippen LogP contribution < -0.4 is 5.32 Å². The number of unbranched alkanes of at least 4 members (excludes halogenated alkanes) is 1. The predicted octanol–water partition coefficient (Wildman–Crippen LogP) is 3.80. The van der Waals surface area contributed by atoms with Gasteiger partial charge in [0, 0.05) is 6.54 Å². The Hall–Kier alpha value is -0.350. The average Bonchev–Trinajstić information content (AvgIpc) is 2.69. The highest BCUT2D eigenvalue weighted by molar-refractivity contribution is 9.10. The molecule has 0 amide bonds. The lowest BCUT2D eigenvalue weighted by atomic mass is 10.1. The van der Waals surface area contributed by atoms with Crippen molar-refractivity contribution in [1.82, 2.24) is 15.1 Å². The van der Waals surface area contributed by atoms with Crippen LogP contribution in [0.25, 0.3) is 0 Å². The van der Waals surface area contributed by atoms with E-state index in [9.17, 15) is 0 Å². The second kappa shape index (κ2) is 8.75. The molecular weight excluding hydrogens is 302 g/mol. The number of aryl methyl sites for hydroxylation is 2. The first kappa shape index (κ1) is 16.7. The van der Waals surface area contributed by atoms with Gasteiger partial charge >= 0.3 is 0 Å². The minimum absolute atomic E-state index is 0.739. The predicted molar refractivity (Wildman–Crippen MR) is 85.6 cm³/mol. The van der Waals surface area contributed by atoms with Crippen molar-refractivity contribution in [2.75, 3.05) is 13.1 Å². The minimum Gasteiger partial charge on any atom is -0.316 e. The van der Waals surface area contributed by atoms with Crippen LogP contribution in [0.2, 0.25) is 0 Å². The molecule has 110 valence electrons. The van der Waals surface area contributed by atoms with Gasteiger partial charge in [-0.25, -0.2) is 0 Å². The minimum atomic E-state index is 0.739. The Balaban J connectivity index is 2.38. The number of nitrogens with one attached hydrogen (secondary N) is 1. The molecule has 0 aliphatic rings. The van der Waals surface area contributed by atoms with E-state index in [4.69, 9.17) is 0 Å². The summed E-state index contributed by atoms with van der Waals surface area (Å²) in [5.41, 5.74) is 2.55. The van der Waals surface area contributed by atoms with Gasteiger partial charge in [0.25, 0.3) is 0 Å². The normalized spacial score (nSPS) is 11.5. The summed E-state index contributed by atoms with van der Waals surface area (Å²) < 4.78 is 3.37. The van der Waals surface area contributed by atoms with Crippen LogP contribution in [0.1, 0.15) is 51.9 Å². The Bertz CT molecular complexity index is 372. The van der Waals surface area contributed by atoms with Crippen LogP contribution in [-0.4, -0.2) is 22.9 Å². The molecule has 1 aromatic heterocycles. The van der Waals surface area contributed by atoms with Crippen LogP contribution in [0.5, 0.6) is 0 Å². The maximum atomic E-state index is 4.64. The fraction of sp³-hybridized carbons (Fsp3) is 0.800. The number of hydrogen-bond acceptors (Lipinski definition) is 2. The highest BCUT2D eigenvalue weighted by Crippen LogP contribution is 2.23. The first-order valence-corrected chi connectivity index (χ1v) is 8.34. The molecule has 1 heterocycles. The van der Waals surface area contributed by atoms with Crippen LogP contribution in [0, 0.1) is 5.92 Å². The van der Waals surface area contributed by atoms with Crippen molar-refractivity contribution in [3.05, 3.63) is 15.9 Å². The van der Waals surface area contributed by atoms with Crippen molar-refractivity contribution in [3.63, 3.8) is 0 Å². The summed E-state index contributed by atoms with van der Waals surface area (Å²) in [6, 6.07) is 0. The summed E-state index contributed by atoms with van der Waals surface area (Å²) in [7, 11) is 0. The molecule has 0 fully saturated rings. The first-order chi connectivity index (χ1) is 9.10. The van der Waals surface area contributed by atoms with Crippen LogP contribution in [0.3, 0.4) is 0 Å². The third kappa shape index (κ3) is 5.27. The van der Waals surface area contributed by atoms with E-state index in [1.54, 1.807) is 0 Å². The van der Waals surface area contributed by atoms with E-state index < -0.39 is 0 Å². The lowest BCUT2D eigenvalue weighted by Crippen LogP contribution is -2.20. The van der Waals surface area contributed by atoms with Gasteiger partial charge in [-0.2, -0.15) is 5.10 Å². The monoisotopic (exact) mass is 329 g/mol. The fourth-order valence-corrected chi connectivity index (χ4v) is 2.95. The largest absolute Gasteiger partial charge is 0.316 e. The van der Waals surface area contributed by atoms with Crippen LogP contribution in [0.4, 0.5) is 0 Å². The standard InChI is InChI=1S/C15H28BrN3/c1-5-13-15(16)14(19(6-2)18-13)9-7-8-10-17-11-12(3)4/h12,17H,5-11H2,1-4H3. The Morgan fingerprint density at radius 1 is 1.26 bits per heavy atom. The van der Waals surface area contributed by atoms with E-state index in [-0.39, 0.29) is 0 Å². The fourth-order valence-electron chi connectivity index (χ4n) is 2.19. The number of halogens is 1. The second-order valence-electron chi connectivity index (χ2n) is 5.43. The van der Waals surface area contributed by atoms with Gasteiger partial charge in [0.1, 0.15) is 0 Å². The molecule has 1 N–H and O–H groups in total. The molecule has 0 radical (unpaired) electrons. The molecule has 0 aliphatic carbocycles. The highest BCUT2D eigenvalue weighted by Gasteiger charge is 2.12. The van der Waals surface area contributed by atoms with Gasteiger partial charge in [0.2, 0.25) is 0 Å². The maximum Gasteiger partial charge on any atom is 0.0766 e. The molecule has 1 rings (SSSR count). The Labute approximate surface area is 126 Å². The Morgan fingerprint density at radius 3 is 2.58 bits per heavy atom. The molecule has 0 atom stereocenters. The quantitative estimate of drug-likeness (QED) is 0.698. The summed E-state index contributed by atoms with van der Waals surface area (Å²) in [5, 5.41) is 8.14. The molecular formula is C15H28BrN3. The number of nitrogens with zero attached hydrogens (tertiary/aromatic N) is 2. The number of aromatic nitrogens is 2. The van der Waals surface area contributed by atoms with Gasteiger partial charge in [-0.15, -0.1) is 0 Å². The second-order valence-corrected chi connectivity index (χ2v) is 6.22. The third-order valence-electron chi connectivity index (χ3n) is 3.26. The van der Waals surface area contributed by atoms with Crippen molar-refractivity contribution >= 4 is 15.9 Å². The van der Waals surface area contributed by atoms with Crippen LogP contribution in [0.15, 0.2) is 4.47 Å². The molecule has 19 heavy (non-hydrogen) atoms. The SMILES string of the molecule is CCc1nn(CC)c(CCCCNCC(C)C)c1Br. The molecule has 0 unspecified atom stereocenters. The van der Waals surface area contributed by atoms with E-state index in [0.717, 1.165) is 38.4 Å². The van der Waals surface area contributed by atoms with Crippen molar-refractivity contribution in [2.24, 2.45) is 5.92 Å². The molecule has 0 bridgehead atoms. The molecule has 0 spiro atoms. The summed E-state index contributed by atoms with van der Waals surface area (Å²) in [6.45, 7) is 12.0. The van der Waals surface area contributed by atoms with Crippen LogP contribution >= 0.6 is 15.9 Å². The summed E-state index contributed by atoms with van der Waals surface area (Å²) in [6.07, 6.45) is 4.56. The highest BCUT2D eigenvalue weighted by atomic mass is 79.9. The molecule has 0 aromatic carbocycles. The smallest absolute Gasteiger partial charge is 0.0766 e. The Kier molecular flexibility index (Phi) is 7.69. The van der Waals surface area contributed by atoms with Crippen molar-refractivity contribution in [3.8, 4) is 0 Å². The lowest BCUT2D eigenvalue weighted by molar-refractivity contribution is 0.529. The molecule has 1 aromatic rings. The number of hydrogen-bond donors (Lipinski definition) is 1. The summed E-state index contributed by atoms with van der Waals surface area (Å²) >= 11 is 3.71. The molecule has 0 saturated heterocycles. The van der Waals surface area contributed by atoms with Crippen molar-refractivity contribution < 1.29 is 0 Å². The topological polar surface area (TPSA) is 29.9 Å². The van der Waals surface area contributed by atoms with Crippen LogP contribution in [-0.2, 0) is 19.4 Å². The zero-order valence-electron chi connectivity index (χ0n) is 12.8. The molecule has 0 aliphatic heterocycles. The van der Waals surface area contributed by atoms with Gasteiger partial charge in [-0.1, -0.05) is 20.8 Å². The van der Waals surface area contributed by atoms with Gasteiger partial charge in [-0.3, -0.25) is 4.68 Å². The number of rotatable bonds is 9. The van der Waals surface area contributed by atoms with E-state index in [1.165, 1.54) is 28.7 Å². The van der Waals surface area contributed by atoms with E-state index in [2.05, 4.69) is 58.7 Å². The molecule has 4 heteroatoms. The maximum absolute atomic E-state index is 4.64. The zero-order valence-corrected chi connectivity index (χ0v) is 14.4. The van der Waals surface area contributed by atoms with Gasteiger partial charge in [-0.05, 0) is 67.5 Å². The van der Waals surface area contributed by atoms with Gasteiger partial charge < -0.3 is 5.32 Å². The van der Waals surface area contributed by atoms with Crippen molar-refractivity contribution in [2.45, 2.75) is 59.9 Å². The zero-order chi connectivity index (χ0) is 14.3. The lowest BCUT2D eigenvalue weighted by Gasteiger charge is -2.08. The summed E-state index contributed by atoms with van der Waals surface area (Å²) in [4.78, 5) is 0. The van der Waals surface area contributed by atoms with Gasteiger partial charge in [0.15, 0.2) is 0 Å². The summed E-state index contributed by atoms with van der Waals surface area (Å²) in [5.74, 6) is 0.739.